The van der Waals surface area contributed by atoms with Gasteiger partial charge >= 0.3 is 6.03 Å². The van der Waals surface area contributed by atoms with Crippen molar-refractivity contribution in [3.05, 3.63) is 45.9 Å². The molecule has 3 rings (SSSR count). The number of aromatic nitrogens is 1. The first-order chi connectivity index (χ1) is 14.2. The molecule has 2 heterocycles. The summed E-state index contributed by atoms with van der Waals surface area (Å²) in [4.78, 5) is 24.2. The number of aryl methyl sites for hydroxylation is 1. The number of hydrogen-bond acceptors (Lipinski definition) is 4. The molecule has 1 aromatic carbocycles. The summed E-state index contributed by atoms with van der Waals surface area (Å²) >= 11 is 1.77. The molecule has 30 heavy (non-hydrogen) atoms. The first-order valence-electron chi connectivity index (χ1n) is 10.2. The van der Waals surface area contributed by atoms with E-state index in [0.717, 1.165) is 67.5 Å². The first-order valence-corrected chi connectivity index (χ1v) is 11.0. The Morgan fingerprint density at radius 2 is 2.07 bits per heavy atom. The van der Waals surface area contributed by atoms with Crippen LogP contribution < -0.4 is 16.0 Å². The summed E-state index contributed by atoms with van der Waals surface area (Å²) < 4.78 is 0. The Morgan fingerprint density at radius 1 is 1.27 bits per heavy atom. The third-order valence-corrected chi connectivity index (χ3v) is 6.04. The molecule has 1 fully saturated rings. The van der Waals surface area contributed by atoms with Gasteiger partial charge in [-0.3, -0.25) is 4.99 Å². The third-order valence-electron chi connectivity index (χ3n) is 4.84. The second kappa shape index (κ2) is 12.7. The van der Waals surface area contributed by atoms with E-state index in [0.29, 0.717) is 6.54 Å². The van der Waals surface area contributed by atoms with E-state index >= 15 is 0 Å². The molecule has 1 aliphatic heterocycles. The number of likely N-dealkylation sites (tertiary alicyclic amines) is 1. The van der Waals surface area contributed by atoms with E-state index in [-0.39, 0.29) is 30.0 Å². The maximum absolute atomic E-state index is 12.3. The zero-order valence-electron chi connectivity index (χ0n) is 17.6. The maximum Gasteiger partial charge on any atom is 0.321 e. The van der Waals surface area contributed by atoms with Crippen molar-refractivity contribution in [3.63, 3.8) is 0 Å². The van der Waals surface area contributed by atoms with Gasteiger partial charge in [-0.1, -0.05) is 19.1 Å². The van der Waals surface area contributed by atoms with E-state index in [2.05, 4.69) is 32.9 Å². The number of amides is 2. The topological polar surface area (TPSA) is 81.6 Å². The van der Waals surface area contributed by atoms with Gasteiger partial charge in [0.15, 0.2) is 5.96 Å². The molecule has 0 radical (unpaired) electrons. The van der Waals surface area contributed by atoms with Crippen LogP contribution in [-0.2, 0) is 19.4 Å². The van der Waals surface area contributed by atoms with Crippen LogP contribution in [0, 0.1) is 0 Å². The number of halogens is 1. The number of guanidine groups is 1. The lowest BCUT2D eigenvalue weighted by Crippen LogP contribution is -2.37. The lowest BCUT2D eigenvalue weighted by atomic mass is 10.2. The largest absolute Gasteiger partial charge is 0.356 e. The molecule has 7 nitrogen and oxygen atoms in total. The van der Waals surface area contributed by atoms with Crippen LogP contribution in [0.1, 0.15) is 35.2 Å². The van der Waals surface area contributed by atoms with Crippen LogP contribution in [0.25, 0.3) is 0 Å². The lowest BCUT2D eigenvalue weighted by Gasteiger charge is -2.17. The zero-order chi connectivity index (χ0) is 20.5. The first kappa shape index (κ1) is 24.4. The van der Waals surface area contributed by atoms with Crippen LogP contribution in [0.2, 0.25) is 0 Å². The Hall–Kier alpha value is -1.88. The van der Waals surface area contributed by atoms with Crippen LogP contribution in [0.3, 0.4) is 0 Å². The number of hydrogen-bond donors (Lipinski definition) is 3. The van der Waals surface area contributed by atoms with Gasteiger partial charge in [0.1, 0.15) is 0 Å². The molecule has 1 saturated heterocycles. The standard InChI is InChI=1S/C21H30N6OS.HI/c1-3-18-15-24-19(29-18)9-10-23-20(22-2)25-14-16-7-6-8-17(13-16)26-21(28)27-11-4-5-12-27;/h6-8,13,15H,3-5,9-12,14H2,1-2H3,(H,26,28)(H2,22,23,25);1H. The lowest BCUT2D eigenvalue weighted by molar-refractivity contribution is 0.222. The number of rotatable bonds is 7. The summed E-state index contributed by atoms with van der Waals surface area (Å²) in [7, 11) is 1.76. The van der Waals surface area contributed by atoms with Gasteiger partial charge in [0.2, 0.25) is 0 Å². The molecule has 0 spiro atoms. The van der Waals surface area contributed by atoms with E-state index < -0.39 is 0 Å². The Kier molecular flexibility index (Phi) is 10.4. The van der Waals surface area contributed by atoms with E-state index in [9.17, 15) is 4.79 Å². The molecule has 0 aliphatic carbocycles. The molecule has 2 amide bonds. The van der Waals surface area contributed by atoms with Crippen molar-refractivity contribution < 1.29 is 4.79 Å². The predicted molar refractivity (Wildman–Crippen MR) is 135 cm³/mol. The number of nitrogens with one attached hydrogen (secondary N) is 3. The number of benzene rings is 1. The van der Waals surface area contributed by atoms with Crippen molar-refractivity contribution in [2.24, 2.45) is 4.99 Å². The fourth-order valence-corrected chi connectivity index (χ4v) is 4.07. The van der Waals surface area contributed by atoms with Gasteiger partial charge in [0.25, 0.3) is 0 Å². The molecule has 2 aromatic rings. The van der Waals surface area contributed by atoms with Crippen LogP contribution in [-0.4, -0.2) is 48.6 Å². The van der Waals surface area contributed by atoms with Gasteiger partial charge < -0.3 is 20.9 Å². The minimum absolute atomic E-state index is 0. The second-order valence-corrected chi connectivity index (χ2v) is 8.20. The molecule has 0 saturated carbocycles. The number of nitrogens with zero attached hydrogens (tertiary/aromatic N) is 3. The Morgan fingerprint density at radius 3 is 2.77 bits per heavy atom. The number of anilines is 1. The fraction of sp³-hybridized carbons (Fsp3) is 0.476. The van der Waals surface area contributed by atoms with E-state index in [1.807, 2.05) is 35.4 Å². The van der Waals surface area contributed by atoms with E-state index in [4.69, 9.17) is 0 Å². The Labute approximate surface area is 199 Å². The monoisotopic (exact) mass is 542 g/mol. The van der Waals surface area contributed by atoms with Crippen molar-refractivity contribution in [2.45, 2.75) is 39.2 Å². The normalized spacial score (nSPS) is 13.7. The maximum atomic E-state index is 12.3. The molecular weight excluding hydrogens is 511 g/mol. The minimum atomic E-state index is -0.0153. The molecule has 0 unspecified atom stereocenters. The fourth-order valence-electron chi connectivity index (χ4n) is 3.20. The summed E-state index contributed by atoms with van der Waals surface area (Å²) in [6.45, 7) is 5.24. The summed E-state index contributed by atoms with van der Waals surface area (Å²) in [5.74, 6) is 0.753. The predicted octanol–water partition coefficient (Wildman–Crippen LogP) is 3.86. The molecule has 0 atom stereocenters. The van der Waals surface area contributed by atoms with Crippen LogP contribution in [0.5, 0.6) is 0 Å². The number of thiazole rings is 1. The van der Waals surface area contributed by atoms with Crippen molar-refractivity contribution in [3.8, 4) is 0 Å². The number of carbonyl (C=O) groups is 1. The summed E-state index contributed by atoms with van der Waals surface area (Å²) in [6, 6.07) is 7.89. The van der Waals surface area contributed by atoms with Gasteiger partial charge in [-0.25, -0.2) is 9.78 Å². The Balaban J connectivity index is 0.00000320. The van der Waals surface area contributed by atoms with E-state index in [1.165, 1.54) is 4.88 Å². The molecule has 0 bridgehead atoms. The highest BCUT2D eigenvalue weighted by molar-refractivity contribution is 14.0. The van der Waals surface area contributed by atoms with Crippen molar-refractivity contribution >= 4 is 53.0 Å². The Bertz CT molecular complexity index is 834. The quantitative estimate of drug-likeness (QED) is 0.282. The highest BCUT2D eigenvalue weighted by Crippen LogP contribution is 2.15. The summed E-state index contributed by atoms with van der Waals surface area (Å²) in [6.07, 6.45) is 6.05. The summed E-state index contributed by atoms with van der Waals surface area (Å²) in [5, 5.41) is 10.8. The average molecular weight is 542 g/mol. The van der Waals surface area contributed by atoms with Gasteiger partial charge in [0.05, 0.1) is 5.01 Å². The van der Waals surface area contributed by atoms with Gasteiger partial charge in [-0.05, 0) is 37.0 Å². The highest BCUT2D eigenvalue weighted by Gasteiger charge is 2.17. The average Bonchev–Trinajstić information content (AvgIpc) is 3.43. The van der Waals surface area contributed by atoms with Crippen LogP contribution >= 0.6 is 35.3 Å². The zero-order valence-corrected chi connectivity index (χ0v) is 20.8. The van der Waals surface area contributed by atoms with Crippen molar-refractivity contribution in [2.75, 3.05) is 32.0 Å². The summed E-state index contributed by atoms with van der Waals surface area (Å²) in [5.41, 5.74) is 1.90. The highest BCUT2D eigenvalue weighted by atomic mass is 127. The van der Waals surface area contributed by atoms with E-state index in [1.54, 1.807) is 18.4 Å². The van der Waals surface area contributed by atoms with Crippen molar-refractivity contribution in [1.82, 2.24) is 20.5 Å². The SMILES string of the molecule is CCc1cnc(CCNC(=NC)NCc2cccc(NC(=O)N3CCCC3)c2)s1.I. The van der Waals surface area contributed by atoms with Crippen LogP contribution in [0.4, 0.5) is 10.5 Å². The molecule has 1 aromatic heterocycles. The number of aliphatic imine (C=N–C) groups is 1. The third kappa shape index (κ3) is 7.42. The molecule has 1 aliphatic rings. The van der Waals surface area contributed by atoms with Crippen molar-refractivity contribution in [1.29, 1.82) is 0 Å². The van der Waals surface area contributed by atoms with Gasteiger partial charge in [-0.15, -0.1) is 35.3 Å². The van der Waals surface area contributed by atoms with Gasteiger partial charge in [0, 0.05) is 56.4 Å². The van der Waals surface area contributed by atoms with Crippen LogP contribution in [0.15, 0.2) is 35.5 Å². The molecular formula is C21H31IN6OS. The molecule has 164 valence electrons. The number of carbonyl (C=O) groups excluding carboxylic acids is 1. The smallest absolute Gasteiger partial charge is 0.321 e. The minimum Gasteiger partial charge on any atom is -0.356 e. The number of urea groups is 1. The second-order valence-electron chi connectivity index (χ2n) is 7.00. The van der Waals surface area contributed by atoms with Gasteiger partial charge in [-0.2, -0.15) is 0 Å². The molecule has 3 N–H and O–H groups in total. The molecule has 9 heteroatoms.